The van der Waals surface area contributed by atoms with Gasteiger partial charge in [0.15, 0.2) is 0 Å². The van der Waals surface area contributed by atoms with Crippen LogP contribution < -0.4 is 5.32 Å². The first-order valence-electron chi connectivity index (χ1n) is 4.29. The Kier molecular flexibility index (Phi) is 3.32. The maximum atomic E-state index is 11.4. The number of aromatic hydroxyl groups is 1. The lowest BCUT2D eigenvalue weighted by Crippen LogP contribution is -2.10. The van der Waals surface area contributed by atoms with E-state index in [1.54, 1.807) is 24.3 Å². The molecular weight excluding hydrogens is 310 g/mol. The molecule has 1 fully saturated rings. The average Bonchev–Trinajstić information content (AvgIpc) is 2.51. The highest BCUT2D eigenvalue weighted by Gasteiger charge is 2.22. The van der Waals surface area contributed by atoms with E-state index in [-0.39, 0.29) is 10.9 Å². The minimum absolute atomic E-state index is 0.119. The monoisotopic (exact) mass is 315 g/mol. The van der Waals surface area contributed by atoms with Gasteiger partial charge in [0.1, 0.15) is 10.1 Å². The molecule has 2 N–H and O–H groups in total. The molecule has 1 aromatic carbocycles. The third-order valence-electron chi connectivity index (χ3n) is 1.93. The highest BCUT2D eigenvalue weighted by Crippen LogP contribution is 2.27. The lowest BCUT2D eigenvalue weighted by atomic mass is 10.2. The number of thiocarbonyl (C=S) groups is 1. The Labute approximate surface area is 110 Å². The Hall–Kier alpha value is -0.850. The second kappa shape index (κ2) is 4.57. The van der Waals surface area contributed by atoms with Gasteiger partial charge in [-0.3, -0.25) is 4.79 Å². The van der Waals surface area contributed by atoms with Crippen molar-refractivity contribution in [3.05, 3.63) is 33.9 Å². The van der Waals surface area contributed by atoms with Gasteiger partial charge in [0.05, 0.1) is 5.70 Å². The maximum Gasteiger partial charge on any atom is 0.242 e. The molecular formula is C10H6BrNO2S2. The summed E-state index contributed by atoms with van der Waals surface area (Å²) < 4.78 is 1.27. The molecule has 0 bridgehead atoms. The van der Waals surface area contributed by atoms with Gasteiger partial charge in [0.25, 0.3) is 0 Å². The summed E-state index contributed by atoms with van der Waals surface area (Å²) >= 11 is 9.14. The number of hydrogen-bond acceptors (Lipinski definition) is 4. The second-order valence-electron chi connectivity index (χ2n) is 3.06. The molecule has 1 aliphatic rings. The molecule has 0 aliphatic carbocycles. The number of halogens is 1. The molecule has 0 atom stereocenters. The normalized spacial score (nSPS) is 17.9. The SMILES string of the molecule is O=C1SC(=S)NC1=Cc1cc(Br)ccc1O. The Balaban J connectivity index is 2.39. The first kappa shape index (κ1) is 11.6. The van der Waals surface area contributed by atoms with Gasteiger partial charge in [-0.05, 0) is 36.0 Å². The molecule has 1 aromatic rings. The van der Waals surface area contributed by atoms with Crippen molar-refractivity contribution < 1.29 is 9.90 Å². The molecule has 1 aliphatic heterocycles. The largest absolute Gasteiger partial charge is 0.507 e. The number of phenols is 1. The first-order chi connectivity index (χ1) is 7.56. The van der Waals surface area contributed by atoms with Crippen LogP contribution in [0.4, 0.5) is 0 Å². The van der Waals surface area contributed by atoms with Crippen LogP contribution in [0.3, 0.4) is 0 Å². The number of rotatable bonds is 1. The van der Waals surface area contributed by atoms with Crippen LogP contribution >= 0.6 is 39.9 Å². The van der Waals surface area contributed by atoms with Gasteiger partial charge in [0.2, 0.25) is 5.12 Å². The molecule has 2 rings (SSSR count). The van der Waals surface area contributed by atoms with Crippen LogP contribution in [0.15, 0.2) is 28.4 Å². The topological polar surface area (TPSA) is 49.3 Å². The number of benzene rings is 1. The predicted octanol–water partition coefficient (Wildman–Crippen LogP) is 2.64. The molecule has 0 unspecified atom stereocenters. The van der Waals surface area contributed by atoms with Crippen molar-refractivity contribution in [3.63, 3.8) is 0 Å². The molecule has 0 radical (unpaired) electrons. The van der Waals surface area contributed by atoms with E-state index in [9.17, 15) is 9.90 Å². The average molecular weight is 316 g/mol. The van der Waals surface area contributed by atoms with Crippen molar-refractivity contribution >= 4 is 55.4 Å². The number of phenolic OH excluding ortho intramolecular Hbond substituents is 1. The standard InChI is InChI=1S/C10H6BrNO2S2/c11-6-1-2-8(13)5(3-6)4-7-9(14)16-10(15)12-7/h1-4,13H,(H,12,15). The second-order valence-corrected chi connectivity index (χ2v) is 5.63. The third kappa shape index (κ3) is 2.45. The van der Waals surface area contributed by atoms with Gasteiger partial charge in [-0.15, -0.1) is 0 Å². The zero-order valence-corrected chi connectivity index (χ0v) is 11.1. The fraction of sp³-hybridized carbons (Fsp3) is 0. The van der Waals surface area contributed by atoms with E-state index in [4.69, 9.17) is 12.2 Å². The fourth-order valence-corrected chi connectivity index (χ4v) is 2.48. The number of carbonyl (C=O) groups excluding carboxylic acids is 1. The van der Waals surface area contributed by atoms with Crippen molar-refractivity contribution in [2.45, 2.75) is 0 Å². The Bertz CT molecular complexity index is 514. The summed E-state index contributed by atoms with van der Waals surface area (Å²) in [5.74, 6) is 0.119. The number of carbonyl (C=O) groups is 1. The molecule has 82 valence electrons. The highest BCUT2D eigenvalue weighted by molar-refractivity contribution is 9.10. The Morgan fingerprint density at radius 1 is 1.50 bits per heavy atom. The quantitative estimate of drug-likeness (QED) is 0.616. The van der Waals surface area contributed by atoms with E-state index < -0.39 is 0 Å². The van der Waals surface area contributed by atoms with E-state index in [1.807, 2.05) is 0 Å². The molecule has 6 heteroatoms. The van der Waals surface area contributed by atoms with Crippen LogP contribution in [0.5, 0.6) is 5.75 Å². The van der Waals surface area contributed by atoms with Crippen LogP contribution in [0.25, 0.3) is 6.08 Å². The van der Waals surface area contributed by atoms with Gasteiger partial charge >= 0.3 is 0 Å². The number of nitrogens with one attached hydrogen (secondary N) is 1. The minimum Gasteiger partial charge on any atom is -0.507 e. The molecule has 1 saturated heterocycles. The van der Waals surface area contributed by atoms with Crippen molar-refractivity contribution in [2.24, 2.45) is 0 Å². The van der Waals surface area contributed by atoms with E-state index >= 15 is 0 Å². The lowest BCUT2D eigenvalue weighted by Gasteiger charge is -2.01. The summed E-state index contributed by atoms with van der Waals surface area (Å²) in [7, 11) is 0. The van der Waals surface area contributed by atoms with E-state index in [0.29, 0.717) is 15.6 Å². The van der Waals surface area contributed by atoms with E-state index in [0.717, 1.165) is 16.2 Å². The van der Waals surface area contributed by atoms with Crippen molar-refractivity contribution in [1.29, 1.82) is 0 Å². The lowest BCUT2D eigenvalue weighted by molar-refractivity contribution is -0.107. The van der Waals surface area contributed by atoms with Crippen LogP contribution in [0.1, 0.15) is 5.56 Å². The van der Waals surface area contributed by atoms with Crippen LogP contribution in [-0.2, 0) is 4.79 Å². The predicted molar refractivity (Wildman–Crippen MR) is 72.1 cm³/mol. The third-order valence-corrected chi connectivity index (χ3v) is 3.47. The molecule has 0 amide bonds. The Morgan fingerprint density at radius 3 is 2.88 bits per heavy atom. The molecule has 16 heavy (non-hydrogen) atoms. The zero-order chi connectivity index (χ0) is 11.7. The van der Waals surface area contributed by atoms with Gasteiger partial charge in [-0.1, -0.05) is 28.1 Å². The van der Waals surface area contributed by atoms with Gasteiger partial charge in [0, 0.05) is 10.0 Å². The van der Waals surface area contributed by atoms with Gasteiger partial charge in [-0.2, -0.15) is 0 Å². The summed E-state index contributed by atoms with van der Waals surface area (Å²) in [6, 6.07) is 5.01. The summed E-state index contributed by atoms with van der Waals surface area (Å²) in [5, 5.41) is 12.2. The van der Waals surface area contributed by atoms with Crippen molar-refractivity contribution in [2.75, 3.05) is 0 Å². The molecule has 0 aromatic heterocycles. The summed E-state index contributed by atoms with van der Waals surface area (Å²) in [5.41, 5.74) is 0.957. The molecule has 3 nitrogen and oxygen atoms in total. The number of thioether (sulfide) groups is 1. The van der Waals surface area contributed by atoms with Gasteiger partial charge in [-0.25, -0.2) is 0 Å². The molecule has 0 saturated carbocycles. The maximum absolute atomic E-state index is 11.4. The van der Waals surface area contributed by atoms with Crippen molar-refractivity contribution in [1.82, 2.24) is 5.32 Å². The van der Waals surface area contributed by atoms with Crippen molar-refractivity contribution in [3.8, 4) is 5.75 Å². The molecule has 1 heterocycles. The van der Waals surface area contributed by atoms with Crippen LogP contribution in [0, 0.1) is 0 Å². The van der Waals surface area contributed by atoms with Gasteiger partial charge < -0.3 is 10.4 Å². The zero-order valence-electron chi connectivity index (χ0n) is 7.86. The smallest absolute Gasteiger partial charge is 0.242 e. The first-order valence-corrected chi connectivity index (χ1v) is 6.31. The van der Waals surface area contributed by atoms with E-state index in [2.05, 4.69) is 21.2 Å². The molecule has 0 spiro atoms. The minimum atomic E-state index is -0.135. The Morgan fingerprint density at radius 2 is 2.25 bits per heavy atom. The van der Waals surface area contributed by atoms with E-state index in [1.165, 1.54) is 0 Å². The number of hydrogen-bond donors (Lipinski definition) is 2. The summed E-state index contributed by atoms with van der Waals surface area (Å²) in [6.45, 7) is 0. The highest BCUT2D eigenvalue weighted by atomic mass is 79.9. The fourth-order valence-electron chi connectivity index (χ4n) is 1.22. The summed E-state index contributed by atoms with van der Waals surface area (Å²) in [6.07, 6.45) is 1.58. The van der Waals surface area contributed by atoms with Crippen LogP contribution in [-0.4, -0.2) is 14.5 Å². The summed E-state index contributed by atoms with van der Waals surface area (Å²) in [4.78, 5) is 11.4. The van der Waals surface area contributed by atoms with Crippen LogP contribution in [0.2, 0.25) is 0 Å².